The van der Waals surface area contributed by atoms with Gasteiger partial charge in [0.25, 0.3) is 0 Å². The molecule has 2 heterocycles. The lowest BCUT2D eigenvalue weighted by atomic mass is 9.73. The first-order chi connectivity index (χ1) is 29.1. The van der Waals surface area contributed by atoms with Gasteiger partial charge in [0.15, 0.2) is 0 Å². The van der Waals surface area contributed by atoms with E-state index in [0.717, 1.165) is 77.6 Å². The van der Waals surface area contributed by atoms with Gasteiger partial charge in [-0.25, -0.2) is 0 Å². The van der Waals surface area contributed by atoms with E-state index < -0.39 is 5.41 Å². The molecule has 9 aromatic carbocycles. The summed E-state index contributed by atoms with van der Waals surface area (Å²) in [6.07, 6.45) is 0. The maximum Gasteiger partial charge on any atom is 0.143 e. The number of rotatable bonds is 6. The van der Waals surface area contributed by atoms with Gasteiger partial charge in [0.2, 0.25) is 0 Å². The Labute approximate surface area is 342 Å². The fraction of sp³-hybridized carbons (Fsp3) is 0.0357. The first-order valence-electron chi connectivity index (χ1n) is 20.2. The monoisotopic (exact) mass is 755 g/mol. The van der Waals surface area contributed by atoms with E-state index in [1.54, 1.807) is 0 Å². The standard InChI is InChI=1S/C56H37NO2/c1-56(49-22-9-5-16-43(49)44-17-6-10-23-50(44)56)51-35-41(34-48-46-19-8-12-25-53(46)59-55(48)51)57(39-30-26-37(27-31-39)36-14-3-2-4-15-36)40-32-28-38(29-33-40)42-20-13-21-47-45-18-7-11-24-52(45)58-54(42)47/h2-35H,1H3. The van der Waals surface area contributed by atoms with Gasteiger partial charge in [0.05, 0.1) is 0 Å². The molecule has 0 saturated carbocycles. The number of para-hydroxylation sites is 3. The highest BCUT2D eigenvalue weighted by Gasteiger charge is 2.43. The Bertz CT molecular complexity index is 3340. The maximum atomic E-state index is 6.90. The summed E-state index contributed by atoms with van der Waals surface area (Å²) in [5.74, 6) is 0. The molecule has 3 nitrogen and oxygen atoms in total. The molecular weight excluding hydrogens is 719 g/mol. The third kappa shape index (κ3) is 5.08. The minimum absolute atomic E-state index is 0.479. The Hall–Kier alpha value is -7.62. The van der Waals surface area contributed by atoms with Crippen molar-refractivity contribution < 1.29 is 8.83 Å². The number of nitrogens with zero attached hydrogens (tertiary/aromatic N) is 1. The van der Waals surface area contributed by atoms with Gasteiger partial charge in [-0.2, -0.15) is 0 Å². The predicted molar refractivity (Wildman–Crippen MR) is 244 cm³/mol. The van der Waals surface area contributed by atoms with Gasteiger partial charge in [-0.05, 0) is 94.4 Å². The molecule has 3 heteroatoms. The van der Waals surface area contributed by atoms with Crippen molar-refractivity contribution in [1.82, 2.24) is 0 Å². The van der Waals surface area contributed by atoms with Crippen molar-refractivity contribution in [2.45, 2.75) is 12.3 Å². The summed E-state index contributed by atoms with van der Waals surface area (Å²) < 4.78 is 13.4. The zero-order valence-electron chi connectivity index (χ0n) is 32.4. The van der Waals surface area contributed by atoms with Gasteiger partial charge in [0.1, 0.15) is 22.3 Å². The second-order valence-corrected chi connectivity index (χ2v) is 15.8. The first-order valence-corrected chi connectivity index (χ1v) is 20.2. The van der Waals surface area contributed by atoms with Gasteiger partial charge < -0.3 is 13.7 Å². The van der Waals surface area contributed by atoms with Crippen molar-refractivity contribution in [2.24, 2.45) is 0 Å². The van der Waals surface area contributed by atoms with Gasteiger partial charge in [-0.3, -0.25) is 0 Å². The van der Waals surface area contributed by atoms with Crippen LogP contribution in [0.5, 0.6) is 0 Å². The van der Waals surface area contributed by atoms with Crippen LogP contribution in [0, 0.1) is 0 Å². The molecule has 1 aliphatic carbocycles. The molecule has 278 valence electrons. The smallest absolute Gasteiger partial charge is 0.143 e. The number of furan rings is 2. The van der Waals surface area contributed by atoms with Gasteiger partial charge in [-0.1, -0.05) is 158 Å². The van der Waals surface area contributed by atoms with E-state index in [-0.39, 0.29) is 0 Å². The van der Waals surface area contributed by atoms with E-state index in [0.29, 0.717) is 0 Å². The number of fused-ring (bicyclic) bond motifs is 9. The molecule has 2 aromatic heterocycles. The van der Waals surface area contributed by atoms with E-state index in [4.69, 9.17) is 8.83 Å². The molecule has 0 atom stereocenters. The van der Waals surface area contributed by atoms with E-state index in [2.05, 4.69) is 206 Å². The summed E-state index contributed by atoms with van der Waals surface area (Å²) in [4.78, 5) is 2.39. The van der Waals surface area contributed by atoms with Gasteiger partial charge in [0, 0.05) is 55.1 Å². The first kappa shape index (κ1) is 33.5. The Kier molecular flexibility index (Phi) is 7.36. The molecule has 0 fully saturated rings. The average molecular weight is 756 g/mol. The van der Waals surface area contributed by atoms with Crippen molar-refractivity contribution in [3.63, 3.8) is 0 Å². The molecule has 0 radical (unpaired) electrons. The zero-order chi connectivity index (χ0) is 39.1. The maximum absolute atomic E-state index is 6.90. The number of benzene rings is 9. The van der Waals surface area contributed by atoms with E-state index in [1.807, 2.05) is 12.1 Å². The molecule has 59 heavy (non-hydrogen) atoms. The van der Waals surface area contributed by atoms with Gasteiger partial charge in [-0.15, -0.1) is 0 Å². The second kappa shape index (κ2) is 13.0. The molecule has 11 aromatic rings. The lowest BCUT2D eigenvalue weighted by Crippen LogP contribution is -2.23. The average Bonchev–Trinajstić information content (AvgIpc) is 3.96. The molecule has 0 bridgehead atoms. The highest BCUT2D eigenvalue weighted by molar-refractivity contribution is 6.10. The molecule has 1 aliphatic rings. The largest absolute Gasteiger partial charge is 0.456 e. The minimum Gasteiger partial charge on any atom is -0.456 e. The SMILES string of the molecule is CC1(c2cc(N(c3ccc(-c4ccccc4)cc3)c3ccc(-c4cccc5c4oc4ccccc45)cc3)cc3c2oc2ccccc23)c2ccccc2-c2ccccc21. The van der Waals surface area contributed by atoms with Crippen molar-refractivity contribution >= 4 is 60.9 Å². The third-order valence-corrected chi connectivity index (χ3v) is 12.6. The molecule has 0 N–H and O–H groups in total. The predicted octanol–water partition coefficient (Wildman–Crippen LogP) is 15.6. The van der Waals surface area contributed by atoms with E-state index >= 15 is 0 Å². The highest BCUT2D eigenvalue weighted by atomic mass is 16.3. The molecule has 0 saturated heterocycles. The molecule has 0 amide bonds. The summed E-state index contributed by atoms with van der Waals surface area (Å²) in [6, 6.07) is 74.0. The van der Waals surface area contributed by atoms with Crippen molar-refractivity contribution in [1.29, 1.82) is 0 Å². The summed E-state index contributed by atoms with van der Waals surface area (Å²) in [5.41, 5.74) is 17.1. The van der Waals surface area contributed by atoms with Crippen molar-refractivity contribution in [2.75, 3.05) is 4.90 Å². The van der Waals surface area contributed by atoms with E-state index in [1.165, 1.54) is 33.4 Å². The molecule has 0 aliphatic heterocycles. The van der Waals surface area contributed by atoms with E-state index in [9.17, 15) is 0 Å². The third-order valence-electron chi connectivity index (χ3n) is 12.6. The number of anilines is 3. The molecular formula is C56H37NO2. The summed E-state index contributed by atoms with van der Waals surface area (Å²) in [5, 5.41) is 4.45. The van der Waals surface area contributed by atoms with Crippen LogP contribution in [-0.4, -0.2) is 0 Å². The van der Waals surface area contributed by atoms with Crippen LogP contribution in [0.3, 0.4) is 0 Å². The fourth-order valence-electron chi connectivity index (χ4n) is 9.70. The zero-order valence-corrected chi connectivity index (χ0v) is 32.4. The molecule has 0 unspecified atom stereocenters. The molecule has 0 spiro atoms. The Balaban J connectivity index is 1.09. The van der Waals surface area contributed by atoms with Crippen LogP contribution in [0.25, 0.3) is 77.3 Å². The summed E-state index contributed by atoms with van der Waals surface area (Å²) >= 11 is 0. The lowest BCUT2D eigenvalue weighted by molar-refractivity contribution is 0.638. The second-order valence-electron chi connectivity index (χ2n) is 15.8. The lowest BCUT2D eigenvalue weighted by Gasteiger charge is -2.31. The van der Waals surface area contributed by atoms with Crippen LogP contribution in [0.4, 0.5) is 17.1 Å². The minimum atomic E-state index is -0.479. The van der Waals surface area contributed by atoms with Crippen LogP contribution in [0.15, 0.2) is 215 Å². The Morgan fingerprint density at radius 2 is 0.831 bits per heavy atom. The fourth-order valence-corrected chi connectivity index (χ4v) is 9.70. The van der Waals surface area contributed by atoms with Crippen LogP contribution < -0.4 is 4.90 Å². The van der Waals surface area contributed by atoms with Crippen LogP contribution >= 0.6 is 0 Å². The highest BCUT2D eigenvalue weighted by Crippen LogP contribution is 2.55. The number of hydrogen-bond donors (Lipinski definition) is 0. The van der Waals surface area contributed by atoms with Gasteiger partial charge >= 0.3 is 0 Å². The van der Waals surface area contributed by atoms with Crippen LogP contribution in [0.2, 0.25) is 0 Å². The van der Waals surface area contributed by atoms with Crippen molar-refractivity contribution in [3.8, 4) is 33.4 Å². The Morgan fingerprint density at radius 1 is 0.339 bits per heavy atom. The quantitative estimate of drug-likeness (QED) is 0.169. The number of hydrogen-bond acceptors (Lipinski definition) is 3. The molecule has 12 rings (SSSR count). The van der Waals surface area contributed by atoms with Crippen LogP contribution in [-0.2, 0) is 5.41 Å². The summed E-state index contributed by atoms with van der Waals surface area (Å²) in [7, 11) is 0. The summed E-state index contributed by atoms with van der Waals surface area (Å²) in [6.45, 7) is 2.37. The van der Waals surface area contributed by atoms with Crippen LogP contribution in [0.1, 0.15) is 23.6 Å². The topological polar surface area (TPSA) is 29.5 Å². The normalized spacial score (nSPS) is 13.0. The Morgan fingerprint density at radius 3 is 1.49 bits per heavy atom. The van der Waals surface area contributed by atoms with Crippen molar-refractivity contribution in [3.05, 3.63) is 223 Å².